The molecule has 0 heterocycles. The first-order valence-electron chi connectivity index (χ1n) is 8.16. The summed E-state index contributed by atoms with van der Waals surface area (Å²) < 4.78 is 20.8. The van der Waals surface area contributed by atoms with Crippen molar-refractivity contribution in [1.29, 1.82) is 0 Å². The van der Waals surface area contributed by atoms with Gasteiger partial charge in [-0.2, -0.15) is 0 Å². The van der Waals surface area contributed by atoms with Crippen LogP contribution in [0.5, 0.6) is 17.2 Å². The Hall–Kier alpha value is -2.73. The number of aryl methyl sites for hydroxylation is 2. The van der Waals surface area contributed by atoms with Crippen LogP contribution in [-0.2, 0) is 9.53 Å². The molecule has 7 heteroatoms. The smallest absolute Gasteiger partial charge is 0.344 e. The first kappa shape index (κ1) is 20.6. The van der Waals surface area contributed by atoms with E-state index in [0.29, 0.717) is 27.8 Å². The molecule has 0 N–H and O–H groups in total. The molecule has 0 aromatic heterocycles. The molecule has 0 saturated heterocycles. The summed E-state index contributed by atoms with van der Waals surface area (Å²) in [4.78, 5) is 24.1. The molecule has 0 bridgehead atoms. The summed E-state index contributed by atoms with van der Waals surface area (Å²) in [5.74, 6) is 0.503. The van der Waals surface area contributed by atoms with Gasteiger partial charge in [-0.25, -0.2) is 4.79 Å². The zero-order valence-corrected chi connectivity index (χ0v) is 16.4. The Labute approximate surface area is 162 Å². The van der Waals surface area contributed by atoms with E-state index in [9.17, 15) is 9.59 Å². The number of carbonyl (C=O) groups excluding carboxylic acids is 2. The minimum atomic E-state index is -0.641. The molecule has 0 atom stereocenters. The summed E-state index contributed by atoms with van der Waals surface area (Å²) in [6.07, 6.45) is 0. The molecule has 0 aliphatic carbocycles. The molecule has 0 unspecified atom stereocenters. The van der Waals surface area contributed by atoms with Crippen LogP contribution in [0, 0.1) is 13.8 Å². The maximum atomic E-state index is 12.2. The van der Waals surface area contributed by atoms with Gasteiger partial charge in [0.15, 0.2) is 30.5 Å². The second kappa shape index (κ2) is 9.28. The number of ketones is 1. The van der Waals surface area contributed by atoms with E-state index in [1.54, 1.807) is 24.3 Å². The number of ether oxygens (including phenoxy) is 4. The largest absolute Gasteiger partial charge is 0.493 e. The van der Waals surface area contributed by atoms with Gasteiger partial charge in [-0.3, -0.25) is 4.79 Å². The van der Waals surface area contributed by atoms with Crippen LogP contribution >= 0.6 is 11.6 Å². The maximum Gasteiger partial charge on any atom is 0.344 e. The van der Waals surface area contributed by atoms with Gasteiger partial charge in [0, 0.05) is 10.6 Å². The van der Waals surface area contributed by atoms with E-state index in [1.807, 2.05) is 13.8 Å². The van der Waals surface area contributed by atoms with Gasteiger partial charge >= 0.3 is 5.97 Å². The van der Waals surface area contributed by atoms with Gasteiger partial charge in [0.25, 0.3) is 0 Å². The van der Waals surface area contributed by atoms with Crippen LogP contribution in [0.2, 0.25) is 5.02 Å². The predicted molar refractivity (Wildman–Crippen MR) is 101 cm³/mol. The molecule has 2 aromatic carbocycles. The fraction of sp³-hybridized carbons (Fsp3) is 0.300. The Morgan fingerprint density at radius 2 is 1.56 bits per heavy atom. The summed E-state index contributed by atoms with van der Waals surface area (Å²) >= 11 is 5.97. The third-order valence-corrected chi connectivity index (χ3v) is 4.05. The highest BCUT2D eigenvalue weighted by atomic mass is 35.5. The lowest BCUT2D eigenvalue weighted by molar-refractivity contribution is -0.144. The van der Waals surface area contributed by atoms with Gasteiger partial charge in [0.05, 0.1) is 14.2 Å². The molecule has 2 rings (SSSR count). The van der Waals surface area contributed by atoms with Gasteiger partial charge < -0.3 is 18.9 Å². The Morgan fingerprint density at radius 1 is 0.926 bits per heavy atom. The number of carbonyl (C=O) groups is 2. The van der Waals surface area contributed by atoms with E-state index in [0.717, 1.165) is 11.1 Å². The minimum Gasteiger partial charge on any atom is -0.493 e. The third-order valence-electron chi connectivity index (χ3n) is 3.83. The van der Waals surface area contributed by atoms with E-state index in [4.69, 9.17) is 30.5 Å². The van der Waals surface area contributed by atoms with Gasteiger partial charge in [-0.1, -0.05) is 11.6 Å². The van der Waals surface area contributed by atoms with Crippen LogP contribution in [0.1, 0.15) is 21.5 Å². The second-order valence-electron chi connectivity index (χ2n) is 5.81. The van der Waals surface area contributed by atoms with Crippen LogP contribution in [0.3, 0.4) is 0 Å². The molecular weight excluding hydrogens is 372 g/mol. The maximum absolute atomic E-state index is 12.2. The van der Waals surface area contributed by atoms with Crippen LogP contribution < -0.4 is 14.2 Å². The standard InChI is InChI=1S/C20H21ClO6/c1-12-7-15(21)8-13(2)20(12)27-11-19(23)26-10-16(22)14-5-6-17(24-3)18(9-14)25-4/h5-9H,10-11H2,1-4H3. The van der Waals surface area contributed by atoms with Gasteiger partial charge in [-0.15, -0.1) is 0 Å². The minimum absolute atomic E-state index is 0.303. The molecule has 2 aromatic rings. The van der Waals surface area contributed by atoms with Crippen molar-refractivity contribution in [2.45, 2.75) is 13.8 Å². The van der Waals surface area contributed by atoms with Crippen molar-refractivity contribution in [3.8, 4) is 17.2 Å². The average molecular weight is 393 g/mol. The molecule has 6 nitrogen and oxygen atoms in total. The summed E-state index contributed by atoms with van der Waals surface area (Å²) in [6.45, 7) is 2.97. The van der Waals surface area contributed by atoms with Gasteiger partial charge in [-0.05, 0) is 55.3 Å². The first-order chi connectivity index (χ1) is 12.8. The number of esters is 1. The van der Waals surface area contributed by atoms with Crippen LogP contribution in [-0.4, -0.2) is 39.2 Å². The van der Waals surface area contributed by atoms with E-state index in [2.05, 4.69) is 0 Å². The lowest BCUT2D eigenvalue weighted by atomic mass is 10.1. The summed E-state index contributed by atoms with van der Waals surface area (Å²) in [7, 11) is 2.98. The zero-order chi connectivity index (χ0) is 20.0. The number of Topliss-reactive ketones (excluding diaryl/α,β-unsaturated/α-hetero) is 1. The monoisotopic (exact) mass is 392 g/mol. The number of rotatable bonds is 8. The van der Waals surface area contributed by atoms with Crippen molar-refractivity contribution >= 4 is 23.4 Å². The summed E-state index contributed by atoms with van der Waals surface area (Å²) in [6, 6.07) is 8.22. The fourth-order valence-corrected chi connectivity index (χ4v) is 2.86. The highest BCUT2D eigenvalue weighted by molar-refractivity contribution is 6.30. The predicted octanol–water partition coefficient (Wildman–Crippen LogP) is 3.78. The highest BCUT2D eigenvalue weighted by Gasteiger charge is 2.14. The summed E-state index contributed by atoms with van der Waals surface area (Å²) in [5, 5.41) is 0.598. The lowest BCUT2D eigenvalue weighted by Crippen LogP contribution is -2.20. The highest BCUT2D eigenvalue weighted by Crippen LogP contribution is 2.28. The second-order valence-corrected chi connectivity index (χ2v) is 6.25. The Bertz CT molecular complexity index is 823. The Balaban J connectivity index is 1.91. The number of hydrogen-bond donors (Lipinski definition) is 0. The topological polar surface area (TPSA) is 71.1 Å². The van der Waals surface area contributed by atoms with Crippen molar-refractivity contribution in [3.63, 3.8) is 0 Å². The Kier molecular flexibility index (Phi) is 7.07. The number of halogens is 1. The van der Waals surface area contributed by atoms with E-state index in [-0.39, 0.29) is 12.4 Å². The SMILES string of the molecule is COc1ccc(C(=O)COC(=O)COc2c(C)cc(Cl)cc2C)cc1OC. The molecule has 0 aliphatic rings. The van der Waals surface area contributed by atoms with Crippen LogP contribution in [0.15, 0.2) is 30.3 Å². The molecule has 27 heavy (non-hydrogen) atoms. The normalized spacial score (nSPS) is 10.3. The summed E-state index contributed by atoms with van der Waals surface area (Å²) in [5.41, 5.74) is 1.98. The first-order valence-corrected chi connectivity index (χ1v) is 8.54. The van der Waals surface area contributed by atoms with E-state index in [1.165, 1.54) is 20.3 Å². The fourth-order valence-electron chi connectivity index (χ4n) is 2.54. The van der Waals surface area contributed by atoms with E-state index >= 15 is 0 Å². The Morgan fingerprint density at radius 3 is 2.15 bits per heavy atom. The number of methoxy groups -OCH3 is 2. The van der Waals surface area contributed by atoms with Crippen LogP contribution in [0.4, 0.5) is 0 Å². The van der Waals surface area contributed by atoms with Crippen molar-refractivity contribution < 1.29 is 28.5 Å². The molecule has 0 fully saturated rings. The number of hydrogen-bond acceptors (Lipinski definition) is 6. The molecule has 0 spiro atoms. The molecule has 0 aliphatic heterocycles. The molecule has 144 valence electrons. The van der Waals surface area contributed by atoms with Gasteiger partial charge in [0.1, 0.15) is 5.75 Å². The third kappa shape index (κ3) is 5.37. The molecule has 0 amide bonds. The van der Waals surface area contributed by atoms with E-state index < -0.39 is 12.6 Å². The lowest BCUT2D eigenvalue weighted by Gasteiger charge is -2.12. The number of benzene rings is 2. The van der Waals surface area contributed by atoms with Crippen molar-refractivity contribution in [2.24, 2.45) is 0 Å². The van der Waals surface area contributed by atoms with Gasteiger partial charge in [0.2, 0.25) is 0 Å². The van der Waals surface area contributed by atoms with Crippen molar-refractivity contribution in [1.82, 2.24) is 0 Å². The molecular formula is C20H21ClO6. The van der Waals surface area contributed by atoms with Crippen molar-refractivity contribution in [2.75, 3.05) is 27.4 Å². The quantitative estimate of drug-likeness (QED) is 0.503. The van der Waals surface area contributed by atoms with Crippen molar-refractivity contribution in [3.05, 3.63) is 52.0 Å². The molecule has 0 saturated carbocycles. The molecule has 0 radical (unpaired) electrons. The average Bonchev–Trinajstić information content (AvgIpc) is 2.64. The van der Waals surface area contributed by atoms with Crippen LogP contribution in [0.25, 0.3) is 0 Å². The zero-order valence-electron chi connectivity index (χ0n) is 15.6.